The number of rotatable bonds is 6. The van der Waals surface area contributed by atoms with Crippen LogP contribution in [-0.4, -0.2) is 4.98 Å². The quantitative estimate of drug-likeness (QED) is 0.174. The van der Waals surface area contributed by atoms with E-state index in [9.17, 15) is 0 Å². The van der Waals surface area contributed by atoms with Crippen LogP contribution in [0.25, 0.3) is 44.5 Å². The van der Waals surface area contributed by atoms with Crippen molar-refractivity contribution in [2.24, 2.45) is 0 Å². The van der Waals surface area contributed by atoms with Gasteiger partial charge in [-0.05, 0) is 115 Å². The molecule has 10 rings (SSSR count). The lowest BCUT2D eigenvalue weighted by atomic mass is 9.80. The summed E-state index contributed by atoms with van der Waals surface area (Å²) in [6.45, 7) is 4.78. The fourth-order valence-corrected chi connectivity index (χ4v) is 8.79. The molecule has 0 atom stereocenters. The summed E-state index contributed by atoms with van der Waals surface area (Å²) in [7, 11) is 0. The van der Waals surface area contributed by atoms with Crippen LogP contribution in [0.5, 0.6) is 0 Å². The predicted molar refractivity (Wildman–Crippen MR) is 220 cm³/mol. The topological polar surface area (TPSA) is 16.1 Å². The highest BCUT2D eigenvalue weighted by Gasteiger charge is 2.38. The van der Waals surface area contributed by atoms with Gasteiger partial charge in [0.15, 0.2) is 0 Å². The summed E-state index contributed by atoms with van der Waals surface area (Å²) < 4.78 is 0. The Labute approximate surface area is 311 Å². The van der Waals surface area contributed by atoms with E-state index < -0.39 is 0 Å². The SMILES string of the molecule is CC1(C)c2cc(C3c4ccccc4-c4ccccc43)ccc2-c2ccc(N(c3ccc(-c4ccccc4)cc3)c3ccc(-c4cccnc4)cc3)cc21. The van der Waals surface area contributed by atoms with Crippen LogP contribution in [0.15, 0.2) is 188 Å². The van der Waals surface area contributed by atoms with Crippen LogP contribution in [0.1, 0.15) is 47.6 Å². The Kier molecular flexibility index (Phi) is 7.26. The maximum Gasteiger partial charge on any atom is 0.0465 e. The molecule has 7 aromatic carbocycles. The Morgan fingerprint density at radius 2 is 0.943 bits per heavy atom. The molecular formula is C51H38N2. The second-order valence-corrected chi connectivity index (χ2v) is 14.8. The van der Waals surface area contributed by atoms with Crippen molar-refractivity contribution < 1.29 is 0 Å². The third-order valence-electron chi connectivity index (χ3n) is 11.5. The molecule has 0 bridgehead atoms. The van der Waals surface area contributed by atoms with Gasteiger partial charge in [-0.15, -0.1) is 0 Å². The molecule has 0 aliphatic heterocycles. The van der Waals surface area contributed by atoms with Crippen LogP contribution in [0.3, 0.4) is 0 Å². The first kappa shape index (κ1) is 31.2. The Balaban J connectivity index is 1.06. The Bertz CT molecular complexity index is 2490. The maximum absolute atomic E-state index is 4.35. The highest BCUT2D eigenvalue weighted by molar-refractivity contribution is 5.87. The molecule has 0 N–H and O–H groups in total. The van der Waals surface area contributed by atoms with Crippen molar-refractivity contribution in [1.82, 2.24) is 4.98 Å². The molecule has 0 unspecified atom stereocenters. The van der Waals surface area contributed by atoms with Gasteiger partial charge in [-0.3, -0.25) is 4.98 Å². The summed E-state index contributed by atoms with van der Waals surface area (Å²) in [6, 6.07) is 64.6. The zero-order valence-corrected chi connectivity index (χ0v) is 29.9. The molecule has 0 spiro atoms. The van der Waals surface area contributed by atoms with Gasteiger partial charge in [0.2, 0.25) is 0 Å². The Morgan fingerprint density at radius 1 is 0.434 bits per heavy atom. The molecule has 8 aromatic rings. The van der Waals surface area contributed by atoms with Crippen molar-refractivity contribution in [1.29, 1.82) is 0 Å². The number of hydrogen-bond donors (Lipinski definition) is 0. The first-order valence-electron chi connectivity index (χ1n) is 18.5. The Morgan fingerprint density at radius 3 is 1.57 bits per heavy atom. The lowest BCUT2D eigenvalue weighted by Crippen LogP contribution is -2.17. The average molecular weight is 679 g/mol. The molecule has 2 aliphatic rings. The van der Waals surface area contributed by atoms with Gasteiger partial charge in [0, 0.05) is 40.8 Å². The minimum Gasteiger partial charge on any atom is -0.310 e. The number of hydrogen-bond acceptors (Lipinski definition) is 2. The van der Waals surface area contributed by atoms with E-state index in [4.69, 9.17) is 0 Å². The van der Waals surface area contributed by atoms with Crippen molar-refractivity contribution in [3.8, 4) is 44.5 Å². The zero-order valence-electron chi connectivity index (χ0n) is 29.9. The lowest BCUT2D eigenvalue weighted by Gasteiger charge is -2.28. The average Bonchev–Trinajstić information content (AvgIpc) is 3.67. The summed E-state index contributed by atoms with van der Waals surface area (Å²) in [5.74, 6) is 0.228. The smallest absolute Gasteiger partial charge is 0.0465 e. The van der Waals surface area contributed by atoms with E-state index in [1.807, 2.05) is 18.5 Å². The normalized spacial score (nSPS) is 13.5. The molecule has 252 valence electrons. The maximum atomic E-state index is 4.35. The molecule has 1 aromatic heterocycles. The Hall–Kier alpha value is -6.51. The van der Waals surface area contributed by atoms with Crippen LogP contribution >= 0.6 is 0 Å². The van der Waals surface area contributed by atoms with Gasteiger partial charge in [-0.25, -0.2) is 0 Å². The summed E-state index contributed by atoms with van der Waals surface area (Å²) in [4.78, 5) is 6.74. The highest BCUT2D eigenvalue weighted by atomic mass is 15.1. The van der Waals surface area contributed by atoms with Crippen molar-refractivity contribution in [3.63, 3.8) is 0 Å². The second-order valence-electron chi connectivity index (χ2n) is 14.8. The molecule has 0 saturated carbocycles. The fourth-order valence-electron chi connectivity index (χ4n) is 8.79. The molecule has 0 amide bonds. The van der Waals surface area contributed by atoms with Gasteiger partial charge < -0.3 is 4.90 Å². The van der Waals surface area contributed by atoms with Crippen LogP contribution in [0, 0.1) is 0 Å². The first-order valence-corrected chi connectivity index (χ1v) is 18.5. The van der Waals surface area contributed by atoms with Gasteiger partial charge >= 0.3 is 0 Å². The number of pyridine rings is 1. The van der Waals surface area contributed by atoms with Crippen molar-refractivity contribution >= 4 is 17.1 Å². The summed E-state index contributed by atoms with van der Waals surface area (Å²) in [5, 5.41) is 0. The molecule has 0 saturated heterocycles. The number of nitrogens with zero attached hydrogens (tertiary/aromatic N) is 2. The van der Waals surface area contributed by atoms with Gasteiger partial charge in [-0.2, -0.15) is 0 Å². The number of anilines is 3. The molecular weight excluding hydrogens is 641 g/mol. The summed E-state index contributed by atoms with van der Waals surface area (Å²) >= 11 is 0. The van der Waals surface area contributed by atoms with Gasteiger partial charge in [0.05, 0.1) is 0 Å². The molecule has 2 heteroatoms. The van der Waals surface area contributed by atoms with Crippen LogP contribution in [0.2, 0.25) is 0 Å². The third-order valence-corrected chi connectivity index (χ3v) is 11.5. The minimum atomic E-state index is -0.179. The van der Waals surface area contributed by atoms with Crippen LogP contribution < -0.4 is 4.90 Å². The highest BCUT2D eigenvalue weighted by Crippen LogP contribution is 2.54. The number of benzene rings is 7. The largest absolute Gasteiger partial charge is 0.310 e. The monoisotopic (exact) mass is 678 g/mol. The van der Waals surface area contributed by atoms with Crippen LogP contribution in [0.4, 0.5) is 17.1 Å². The molecule has 1 heterocycles. The van der Waals surface area contributed by atoms with Crippen LogP contribution in [-0.2, 0) is 5.41 Å². The van der Waals surface area contributed by atoms with Gasteiger partial charge in [0.1, 0.15) is 0 Å². The standard InChI is InChI=1S/C51H38N2/c1-51(2)48-31-37(50-46-16-8-6-14-42(46)43-15-7-9-17-47(43)50)22-28-44(48)45-29-27-41(32-49(45)51)53(39-23-18-35(19-24-39)34-11-4-3-5-12-34)40-25-20-36(21-26-40)38-13-10-30-52-33-38/h3-33,50H,1-2H3. The molecule has 53 heavy (non-hydrogen) atoms. The van der Waals surface area contributed by atoms with E-state index in [2.05, 4.69) is 194 Å². The van der Waals surface area contributed by atoms with Gasteiger partial charge in [-0.1, -0.05) is 147 Å². The van der Waals surface area contributed by atoms with E-state index in [1.165, 1.54) is 61.2 Å². The molecule has 2 nitrogen and oxygen atoms in total. The van der Waals surface area contributed by atoms with E-state index in [1.54, 1.807) is 0 Å². The molecule has 0 fully saturated rings. The van der Waals surface area contributed by atoms with E-state index >= 15 is 0 Å². The van der Waals surface area contributed by atoms with Crippen molar-refractivity contribution in [2.45, 2.75) is 25.2 Å². The lowest BCUT2D eigenvalue weighted by molar-refractivity contribution is 0.659. The molecule has 2 aliphatic carbocycles. The zero-order chi connectivity index (χ0) is 35.5. The minimum absolute atomic E-state index is 0.179. The van der Waals surface area contributed by atoms with Crippen molar-refractivity contribution in [3.05, 3.63) is 216 Å². The third kappa shape index (κ3) is 5.13. The fraction of sp³-hybridized carbons (Fsp3) is 0.0784. The number of fused-ring (bicyclic) bond motifs is 6. The second kappa shape index (κ2) is 12.3. The number of aromatic nitrogens is 1. The van der Waals surface area contributed by atoms with Gasteiger partial charge in [0.25, 0.3) is 0 Å². The van der Waals surface area contributed by atoms with E-state index in [-0.39, 0.29) is 11.3 Å². The van der Waals surface area contributed by atoms with Crippen molar-refractivity contribution in [2.75, 3.05) is 4.90 Å². The first-order chi connectivity index (χ1) is 26.0. The predicted octanol–water partition coefficient (Wildman–Crippen LogP) is 13.4. The summed E-state index contributed by atoms with van der Waals surface area (Å²) in [6.07, 6.45) is 3.74. The molecule has 0 radical (unpaired) electrons. The van der Waals surface area contributed by atoms with E-state index in [0.29, 0.717) is 0 Å². The summed E-state index contributed by atoms with van der Waals surface area (Å²) in [5.41, 5.74) is 20.1. The van der Waals surface area contributed by atoms with E-state index in [0.717, 1.165) is 28.2 Å².